The van der Waals surface area contributed by atoms with Crippen LogP contribution in [-0.4, -0.2) is 36.0 Å². The van der Waals surface area contributed by atoms with Crippen LogP contribution in [0.25, 0.3) is 0 Å². The number of carbonyl (C=O) groups excluding carboxylic acids is 1. The van der Waals surface area contributed by atoms with Gasteiger partial charge in [-0.3, -0.25) is 9.69 Å². The minimum atomic E-state index is -0.653. The number of likely N-dealkylation sites (tertiary alicyclic amines) is 1. The number of nitriles is 1. The Kier molecular flexibility index (Phi) is 4.21. The van der Waals surface area contributed by atoms with E-state index in [1.165, 1.54) is 32.1 Å². The molecule has 0 aromatic heterocycles. The maximum Gasteiger partial charge on any atom is 0.235 e. The lowest BCUT2D eigenvalue weighted by Crippen LogP contribution is -2.52. The summed E-state index contributed by atoms with van der Waals surface area (Å²) in [6.45, 7) is 4.45. The number of hydrogen-bond acceptors (Lipinski definition) is 3. The number of hydrogen-bond donors (Lipinski definition) is 1. The summed E-state index contributed by atoms with van der Waals surface area (Å²) in [6.07, 6.45) is 8.85. The lowest BCUT2D eigenvalue weighted by molar-refractivity contribution is -0.124. The van der Waals surface area contributed by atoms with Gasteiger partial charge in [-0.25, -0.2) is 0 Å². The molecule has 1 aliphatic heterocycles. The number of fused-ring (bicyclic) bond motifs is 1. The molecule has 3 fully saturated rings. The topological polar surface area (TPSA) is 56.1 Å². The molecule has 4 nitrogen and oxygen atoms in total. The maximum atomic E-state index is 12.3. The highest BCUT2D eigenvalue weighted by Gasteiger charge is 2.43. The van der Waals surface area contributed by atoms with Crippen LogP contribution in [0.1, 0.15) is 51.9 Å². The fourth-order valence-corrected chi connectivity index (χ4v) is 4.23. The van der Waals surface area contributed by atoms with Gasteiger partial charge < -0.3 is 5.32 Å². The van der Waals surface area contributed by atoms with Crippen LogP contribution in [0.15, 0.2) is 0 Å². The van der Waals surface area contributed by atoms with Crippen LogP contribution in [0.4, 0.5) is 0 Å². The van der Waals surface area contributed by atoms with Gasteiger partial charge in [-0.15, -0.1) is 0 Å². The fourth-order valence-electron chi connectivity index (χ4n) is 4.23. The van der Waals surface area contributed by atoms with Gasteiger partial charge in [-0.05, 0) is 56.9 Å². The van der Waals surface area contributed by atoms with Gasteiger partial charge in [0.05, 0.1) is 12.6 Å². The molecule has 3 atom stereocenters. The van der Waals surface area contributed by atoms with E-state index in [9.17, 15) is 10.1 Å². The molecule has 2 aliphatic carbocycles. The van der Waals surface area contributed by atoms with Gasteiger partial charge in [0.15, 0.2) is 0 Å². The second-order valence-corrected chi connectivity index (χ2v) is 7.47. The van der Waals surface area contributed by atoms with Gasteiger partial charge in [-0.1, -0.05) is 19.3 Å². The molecule has 2 saturated carbocycles. The first-order valence-corrected chi connectivity index (χ1v) is 8.55. The zero-order valence-electron chi connectivity index (χ0n) is 13.1. The quantitative estimate of drug-likeness (QED) is 0.864. The molecular formula is C17H27N3O. The van der Waals surface area contributed by atoms with Gasteiger partial charge in [-0.2, -0.15) is 5.26 Å². The Balaban J connectivity index is 1.50. The van der Waals surface area contributed by atoms with Gasteiger partial charge in [0.2, 0.25) is 5.91 Å². The highest BCUT2D eigenvalue weighted by Crippen LogP contribution is 2.39. The minimum Gasteiger partial charge on any atom is -0.337 e. The lowest BCUT2D eigenvalue weighted by Gasteiger charge is -2.41. The van der Waals surface area contributed by atoms with Gasteiger partial charge in [0.25, 0.3) is 0 Å². The standard InChI is InChI=1S/C17H27N3O/c1-17(12-18,15-6-7-15)19-16(21)11-20-9-8-13-4-2-3-5-14(13)10-20/h13-15H,2-11H2,1H3,(H,19,21)/t13-,14+,17-/m0/s1. The third-order valence-corrected chi connectivity index (χ3v) is 5.77. The van der Waals surface area contributed by atoms with Crippen LogP contribution < -0.4 is 5.32 Å². The van der Waals surface area contributed by atoms with Gasteiger partial charge in [0, 0.05) is 6.54 Å². The van der Waals surface area contributed by atoms with E-state index >= 15 is 0 Å². The molecule has 0 aromatic rings. The Labute approximate surface area is 127 Å². The first-order valence-electron chi connectivity index (χ1n) is 8.55. The summed E-state index contributed by atoms with van der Waals surface area (Å²) in [5.41, 5.74) is -0.653. The van der Waals surface area contributed by atoms with E-state index in [-0.39, 0.29) is 5.91 Å². The molecule has 1 heterocycles. The molecule has 0 bridgehead atoms. The van der Waals surface area contributed by atoms with Crippen molar-refractivity contribution < 1.29 is 4.79 Å². The molecule has 1 amide bonds. The Bertz CT molecular complexity index is 440. The second kappa shape index (κ2) is 5.96. The number of rotatable bonds is 4. The van der Waals surface area contributed by atoms with Crippen molar-refractivity contribution in [2.75, 3.05) is 19.6 Å². The zero-order chi connectivity index (χ0) is 14.9. The van der Waals surface area contributed by atoms with E-state index in [0.29, 0.717) is 12.5 Å². The summed E-state index contributed by atoms with van der Waals surface area (Å²) in [4.78, 5) is 14.6. The number of amides is 1. The molecule has 21 heavy (non-hydrogen) atoms. The summed E-state index contributed by atoms with van der Waals surface area (Å²) in [5.74, 6) is 2.08. The van der Waals surface area contributed by atoms with E-state index in [2.05, 4.69) is 16.3 Å². The summed E-state index contributed by atoms with van der Waals surface area (Å²) in [6, 6.07) is 2.30. The average molecular weight is 289 g/mol. The third-order valence-electron chi connectivity index (χ3n) is 5.77. The van der Waals surface area contributed by atoms with Crippen molar-refractivity contribution >= 4 is 5.91 Å². The summed E-state index contributed by atoms with van der Waals surface area (Å²) in [5, 5.41) is 12.3. The summed E-state index contributed by atoms with van der Waals surface area (Å²) >= 11 is 0. The maximum absolute atomic E-state index is 12.3. The highest BCUT2D eigenvalue weighted by molar-refractivity contribution is 5.79. The van der Waals surface area contributed by atoms with Crippen LogP contribution in [0, 0.1) is 29.1 Å². The van der Waals surface area contributed by atoms with Crippen molar-refractivity contribution in [1.82, 2.24) is 10.2 Å². The van der Waals surface area contributed by atoms with Crippen LogP contribution in [0.3, 0.4) is 0 Å². The highest BCUT2D eigenvalue weighted by atomic mass is 16.2. The minimum absolute atomic E-state index is 0.0280. The summed E-state index contributed by atoms with van der Waals surface area (Å²) < 4.78 is 0. The van der Waals surface area contributed by atoms with E-state index in [1.54, 1.807) is 0 Å². The van der Waals surface area contributed by atoms with Crippen molar-refractivity contribution in [3.63, 3.8) is 0 Å². The molecule has 0 spiro atoms. The second-order valence-electron chi connectivity index (χ2n) is 7.47. The molecule has 1 N–H and O–H groups in total. The van der Waals surface area contributed by atoms with Crippen LogP contribution in [0.2, 0.25) is 0 Å². The van der Waals surface area contributed by atoms with Crippen molar-refractivity contribution in [1.29, 1.82) is 5.26 Å². The van der Waals surface area contributed by atoms with Crippen molar-refractivity contribution in [3.8, 4) is 6.07 Å². The van der Waals surface area contributed by atoms with Gasteiger partial charge >= 0.3 is 0 Å². The molecular weight excluding hydrogens is 262 g/mol. The zero-order valence-corrected chi connectivity index (χ0v) is 13.1. The molecule has 3 aliphatic rings. The average Bonchev–Trinajstić information content (AvgIpc) is 3.32. The Morgan fingerprint density at radius 1 is 1.24 bits per heavy atom. The van der Waals surface area contributed by atoms with E-state index in [1.807, 2.05) is 6.92 Å². The first-order chi connectivity index (χ1) is 10.1. The van der Waals surface area contributed by atoms with E-state index in [4.69, 9.17) is 0 Å². The molecule has 116 valence electrons. The monoisotopic (exact) mass is 289 g/mol. The number of nitrogens with zero attached hydrogens (tertiary/aromatic N) is 2. The smallest absolute Gasteiger partial charge is 0.235 e. The first kappa shape index (κ1) is 14.8. The normalized spacial score (nSPS) is 32.6. The number of piperidine rings is 1. The third kappa shape index (κ3) is 3.40. The van der Waals surface area contributed by atoms with Crippen LogP contribution >= 0.6 is 0 Å². The Morgan fingerprint density at radius 2 is 1.95 bits per heavy atom. The molecule has 4 heteroatoms. The fraction of sp³-hybridized carbons (Fsp3) is 0.882. The van der Waals surface area contributed by atoms with Crippen molar-refractivity contribution in [2.24, 2.45) is 17.8 Å². The summed E-state index contributed by atoms with van der Waals surface area (Å²) in [7, 11) is 0. The van der Waals surface area contributed by atoms with Gasteiger partial charge in [0.1, 0.15) is 5.54 Å². The molecule has 0 unspecified atom stereocenters. The molecule has 0 aromatic carbocycles. The van der Waals surface area contributed by atoms with Crippen LogP contribution in [0.5, 0.6) is 0 Å². The van der Waals surface area contributed by atoms with E-state index in [0.717, 1.165) is 37.8 Å². The molecule has 1 saturated heterocycles. The molecule has 3 rings (SSSR count). The SMILES string of the molecule is C[C@@](C#N)(NC(=O)CN1CC[C@@H]2CCCC[C@@H]2C1)C1CC1. The predicted molar refractivity (Wildman–Crippen MR) is 81.4 cm³/mol. The molecule has 0 radical (unpaired) electrons. The Morgan fingerprint density at radius 3 is 2.62 bits per heavy atom. The predicted octanol–water partition coefficient (Wildman–Crippen LogP) is 2.31. The lowest BCUT2D eigenvalue weighted by atomic mass is 9.75. The largest absolute Gasteiger partial charge is 0.337 e. The number of nitrogens with one attached hydrogen (secondary N) is 1. The van der Waals surface area contributed by atoms with Crippen LogP contribution in [-0.2, 0) is 4.79 Å². The van der Waals surface area contributed by atoms with E-state index < -0.39 is 5.54 Å². The van der Waals surface area contributed by atoms with Crippen molar-refractivity contribution in [3.05, 3.63) is 0 Å². The van der Waals surface area contributed by atoms with Crippen molar-refractivity contribution in [2.45, 2.75) is 57.4 Å². The number of carbonyl (C=O) groups is 1. The Hall–Kier alpha value is -1.08.